The Balaban J connectivity index is 0.742. The summed E-state index contributed by atoms with van der Waals surface area (Å²) in [5, 5.41) is 23.9. The molecule has 5 N–H and O–H groups in total. The lowest BCUT2D eigenvalue weighted by molar-refractivity contribution is -0.144. The Morgan fingerprint density at radius 1 is 0.872 bits per heavy atom. The number of likely N-dealkylation sites (tertiary alicyclic amines) is 3. The van der Waals surface area contributed by atoms with Crippen molar-refractivity contribution < 1.29 is 42.5 Å². The number of hydrogen-bond donors (Lipinski definition) is 5. The summed E-state index contributed by atoms with van der Waals surface area (Å²) < 4.78 is 40.4. The van der Waals surface area contributed by atoms with E-state index in [1.54, 1.807) is 18.4 Å². The summed E-state index contributed by atoms with van der Waals surface area (Å²) in [5.41, 5.74) is 4.69. The SMILES string of the molecule is COc1cc2c(NC3CCN(CCCC(=O)NCCCCC(=O)N[C@H](C(=O)N4C[C@H](O)C[C@H]4C(=O)NCc4ccc(-c5scnc5C)cc4)C(C)(C)C)CC3)nc(N3CCC(F)(F)CC3)nc2cc1OCCCN1CCCC1. The highest BCUT2D eigenvalue weighted by Crippen LogP contribution is 2.38. The molecule has 2 aromatic carbocycles. The molecule has 6 heterocycles. The summed E-state index contributed by atoms with van der Waals surface area (Å²) in [6.45, 7) is 14.8. The van der Waals surface area contributed by atoms with Crippen molar-refractivity contribution in [2.45, 2.75) is 148 Å². The number of thiazole rings is 1. The van der Waals surface area contributed by atoms with Crippen LogP contribution in [0.25, 0.3) is 21.3 Å². The van der Waals surface area contributed by atoms with Gasteiger partial charge in [-0.3, -0.25) is 19.2 Å². The molecule has 4 fully saturated rings. The molecule has 3 atom stereocenters. The third kappa shape index (κ3) is 16.0. The van der Waals surface area contributed by atoms with Gasteiger partial charge in [0.1, 0.15) is 17.9 Å². The number of benzene rings is 2. The third-order valence-electron chi connectivity index (χ3n) is 15.5. The van der Waals surface area contributed by atoms with E-state index in [1.807, 2.05) is 74.5 Å². The van der Waals surface area contributed by atoms with E-state index in [9.17, 15) is 33.1 Å². The summed E-state index contributed by atoms with van der Waals surface area (Å²) >= 11 is 1.57. The Bertz CT molecular complexity index is 2650. The molecule has 0 radical (unpaired) electrons. The molecule has 4 aliphatic rings. The number of methoxy groups -OCH3 is 1. The first-order chi connectivity index (χ1) is 37.4. The molecule has 4 aliphatic heterocycles. The van der Waals surface area contributed by atoms with E-state index in [-0.39, 0.29) is 75.6 Å². The van der Waals surface area contributed by atoms with Crippen LogP contribution in [0.5, 0.6) is 11.5 Å². The van der Waals surface area contributed by atoms with Crippen LogP contribution in [0.15, 0.2) is 41.9 Å². The van der Waals surface area contributed by atoms with Gasteiger partial charge in [0.15, 0.2) is 11.5 Å². The highest BCUT2D eigenvalue weighted by molar-refractivity contribution is 7.13. The molecule has 8 rings (SSSR count). The minimum Gasteiger partial charge on any atom is -0.493 e. The second kappa shape index (κ2) is 26.9. The van der Waals surface area contributed by atoms with E-state index < -0.39 is 35.4 Å². The topological polar surface area (TPSA) is 207 Å². The second-order valence-electron chi connectivity index (χ2n) is 22.6. The van der Waals surface area contributed by atoms with Crippen LogP contribution >= 0.6 is 11.3 Å². The monoisotopic (exact) mass is 1100 g/mol. The van der Waals surface area contributed by atoms with Gasteiger partial charge in [-0.15, -0.1) is 11.3 Å². The van der Waals surface area contributed by atoms with E-state index in [0.29, 0.717) is 67.6 Å². The van der Waals surface area contributed by atoms with Gasteiger partial charge in [0.2, 0.25) is 29.6 Å². The number of amides is 4. The number of nitrogens with zero attached hydrogens (tertiary/aromatic N) is 7. The number of hydrogen-bond acceptors (Lipinski definition) is 15. The summed E-state index contributed by atoms with van der Waals surface area (Å²) in [6, 6.07) is 9.97. The number of carbonyl (C=O) groups is 4. The van der Waals surface area contributed by atoms with Crippen molar-refractivity contribution in [2.24, 2.45) is 5.41 Å². The number of carbonyl (C=O) groups excluding carboxylic acids is 4. The molecule has 0 spiro atoms. The first kappa shape index (κ1) is 58.4. The fourth-order valence-corrected chi connectivity index (χ4v) is 11.7. The molecule has 2 aromatic heterocycles. The maximum Gasteiger partial charge on any atom is 0.251 e. The van der Waals surface area contributed by atoms with Crippen molar-refractivity contribution >= 4 is 57.6 Å². The van der Waals surface area contributed by atoms with Gasteiger partial charge in [-0.2, -0.15) is 4.98 Å². The highest BCUT2D eigenvalue weighted by atomic mass is 32.1. The predicted octanol–water partition coefficient (Wildman–Crippen LogP) is 6.92. The fourth-order valence-electron chi connectivity index (χ4n) is 10.9. The van der Waals surface area contributed by atoms with E-state index >= 15 is 0 Å². The molecule has 4 saturated heterocycles. The predicted molar refractivity (Wildman–Crippen MR) is 299 cm³/mol. The average molecular weight is 1100 g/mol. The van der Waals surface area contributed by atoms with Gasteiger partial charge in [-0.05, 0) is 101 Å². The number of nitrogens with one attached hydrogen (secondary N) is 4. The first-order valence-corrected chi connectivity index (χ1v) is 29.0. The quantitative estimate of drug-likeness (QED) is 0.0452. The van der Waals surface area contributed by atoms with Crippen LogP contribution in [0.4, 0.5) is 20.5 Å². The number of rotatable bonds is 24. The summed E-state index contributed by atoms with van der Waals surface area (Å²) in [4.78, 5) is 77.0. The highest BCUT2D eigenvalue weighted by Gasteiger charge is 2.44. The average Bonchev–Trinajstić information content (AvgIpc) is 4.20. The van der Waals surface area contributed by atoms with Gasteiger partial charge >= 0.3 is 0 Å². The van der Waals surface area contributed by atoms with Gasteiger partial charge in [0.25, 0.3) is 5.92 Å². The Labute approximate surface area is 461 Å². The van der Waals surface area contributed by atoms with E-state index in [4.69, 9.17) is 19.4 Å². The second-order valence-corrected chi connectivity index (χ2v) is 23.5. The number of piperidine rings is 2. The van der Waals surface area contributed by atoms with Crippen molar-refractivity contribution in [3.8, 4) is 21.9 Å². The normalized spacial score (nSPS) is 19.7. The molecule has 0 bridgehead atoms. The van der Waals surface area contributed by atoms with E-state index in [0.717, 1.165) is 85.6 Å². The molecular weight excluding hydrogens is 1020 g/mol. The van der Waals surface area contributed by atoms with Gasteiger partial charge in [-0.1, -0.05) is 45.0 Å². The van der Waals surface area contributed by atoms with Crippen LogP contribution in [0.1, 0.15) is 115 Å². The van der Waals surface area contributed by atoms with Crippen LogP contribution in [0, 0.1) is 12.3 Å². The van der Waals surface area contributed by atoms with Crippen LogP contribution in [-0.2, 0) is 25.7 Å². The Kier molecular flexibility index (Phi) is 20.2. The third-order valence-corrected chi connectivity index (χ3v) is 16.5. The van der Waals surface area contributed by atoms with Crippen LogP contribution in [-0.4, -0.2) is 168 Å². The number of fused-ring (bicyclic) bond motifs is 1. The molecule has 4 amide bonds. The minimum absolute atomic E-state index is 0.00825. The number of aliphatic hydroxyl groups excluding tert-OH is 1. The fraction of sp³-hybridized carbons (Fsp3) is 0.632. The van der Waals surface area contributed by atoms with Crippen molar-refractivity contribution in [3.63, 3.8) is 0 Å². The lowest BCUT2D eigenvalue weighted by Gasteiger charge is -2.35. The largest absolute Gasteiger partial charge is 0.493 e. The molecular formula is C57H81F2N11O7S. The Morgan fingerprint density at radius 2 is 1.58 bits per heavy atom. The summed E-state index contributed by atoms with van der Waals surface area (Å²) in [5.74, 6) is -1.59. The van der Waals surface area contributed by atoms with Gasteiger partial charge in [0.05, 0.1) is 41.4 Å². The zero-order valence-corrected chi connectivity index (χ0v) is 47.0. The Hall–Kier alpha value is -5.77. The van der Waals surface area contributed by atoms with Crippen LogP contribution < -0.4 is 35.6 Å². The molecule has 78 heavy (non-hydrogen) atoms. The molecule has 0 unspecified atom stereocenters. The first-order valence-electron chi connectivity index (χ1n) is 28.1. The maximum absolute atomic E-state index is 14.2. The van der Waals surface area contributed by atoms with Crippen LogP contribution in [0.3, 0.4) is 0 Å². The summed E-state index contributed by atoms with van der Waals surface area (Å²) in [6.07, 6.45) is 6.13. The van der Waals surface area contributed by atoms with Gasteiger partial charge in [0, 0.05) is 102 Å². The molecule has 4 aromatic rings. The number of ether oxygens (including phenoxy) is 2. The standard InChI is InChI=1S/C57H81F2N11O7S/c1-38-50(78-37-62-38)40-16-14-39(15-17-40)35-61-53(74)45-32-42(71)36-70(45)54(75)51(56(2,3)4)65-49(73)12-6-7-22-60-48(72)13-10-25-68-27-18-41(19-28-68)63-52-43-33-46(76-5)47(77-31-11-26-67-23-8-9-24-67)34-44(43)64-55(66-52)69-29-20-57(58,59)21-30-69/h14-17,33-34,37,41-42,45,51,71H,6-13,18-32,35-36H2,1-5H3,(H,60,72)(H,61,74)(H,65,73)(H,63,64,66)/t42-,45+,51-/m1/s1. The van der Waals surface area contributed by atoms with Gasteiger partial charge in [-0.25, -0.2) is 18.7 Å². The number of unbranched alkanes of at least 4 members (excludes halogenated alkanes) is 1. The van der Waals surface area contributed by atoms with E-state index in [2.05, 4.69) is 36.1 Å². The number of anilines is 2. The molecule has 426 valence electrons. The van der Waals surface area contributed by atoms with Crippen molar-refractivity contribution in [3.05, 3.63) is 53.2 Å². The summed E-state index contributed by atoms with van der Waals surface area (Å²) in [7, 11) is 1.62. The molecule has 18 nitrogen and oxygen atoms in total. The van der Waals surface area contributed by atoms with E-state index in [1.165, 1.54) is 17.7 Å². The van der Waals surface area contributed by atoms with Crippen LogP contribution in [0.2, 0.25) is 0 Å². The zero-order valence-electron chi connectivity index (χ0n) is 46.2. The van der Waals surface area contributed by atoms with Crippen molar-refractivity contribution in [2.75, 3.05) is 89.4 Å². The Morgan fingerprint density at radius 3 is 2.27 bits per heavy atom. The number of aromatic nitrogens is 3. The van der Waals surface area contributed by atoms with Gasteiger partial charge < -0.3 is 55.4 Å². The zero-order chi connectivity index (χ0) is 55.4. The number of aryl methyl sites for hydroxylation is 1. The number of halogens is 2. The smallest absolute Gasteiger partial charge is 0.251 e. The molecule has 21 heteroatoms. The molecule has 0 aliphatic carbocycles. The number of aliphatic hydroxyl groups is 1. The van der Waals surface area contributed by atoms with Crippen molar-refractivity contribution in [1.82, 2.24) is 45.6 Å². The minimum atomic E-state index is -2.70. The number of alkyl halides is 2. The lowest BCUT2D eigenvalue weighted by Crippen LogP contribution is -2.57. The molecule has 0 saturated carbocycles. The maximum atomic E-state index is 14.2. The lowest BCUT2D eigenvalue weighted by atomic mass is 9.85. The number of β-amino-alcohol motifs (C(OH)–C–C–N with tert-alkyl or cyclic N) is 1. The van der Waals surface area contributed by atoms with Crippen molar-refractivity contribution in [1.29, 1.82) is 0 Å².